The van der Waals surface area contributed by atoms with Crippen LogP contribution < -0.4 is 5.43 Å². The second kappa shape index (κ2) is 4.47. The summed E-state index contributed by atoms with van der Waals surface area (Å²) < 4.78 is 1.64. The van der Waals surface area contributed by atoms with Crippen LogP contribution in [0.4, 0.5) is 0 Å². The first-order valence-electron chi connectivity index (χ1n) is 4.40. The minimum absolute atomic E-state index is 0.224. The molecule has 0 aliphatic rings. The van der Waals surface area contributed by atoms with Gasteiger partial charge in [0.25, 0.3) is 0 Å². The molecule has 0 radical (unpaired) electrons. The van der Waals surface area contributed by atoms with Gasteiger partial charge in [-0.3, -0.25) is 4.79 Å². The Labute approximate surface area is 87.2 Å². The Bertz CT molecular complexity index is 503. The van der Waals surface area contributed by atoms with Crippen LogP contribution in [0.1, 0.15) is 23.0 Å². The predicted molar refractivity (Wildman–Crippen MR) is 55.8 cm³/mol. The molecule has 0 atom stereocenters. The van der Waals surface area contributed by atoms with E-state index >= 15 is 0 Å². The number of aromatic carboxylic acids is 1. The van der Waals surface area contributed by atoms with Crippen molar-refractivity contribution in [3.63, 3.8) is 0 Å². The lowest BCUT2D eigenvalue weighted by molar-refractivity contribution is 0.0694. The van der Waals surface area contributed by atoms with E-state index in [1.54, 1.807) is 18.4 Å². The zero-order valence-corrected chi connectivity index (χ0v) is 8.57. The molecule has 0 amide bonds. The third-order valence-corrected chi connectivity index (χ3v) is 2.00. The SMILES string of the molecule is CC#CCn1cc(C(=O)O)c(=O)cc1C. The zero-order chi connectivity index (χ0) is 11.4. The highest BCUT2D eigenvalue weighted by Crippen LogP contribution is 1.99. The van der Waals surface area contributed by atoms with Crippen molar-refractivity contribution in [2.45, 2.75) is 20.4 Å². The average Bonchev–Trinajstić information content (AvgIpc) is 2.16. The minimum Gasteiger partial charge on any atom is -0.477 e. The molecule has 1 heterocycles. The summed E-state index contributed by atoms with van der Waals surface area (Å²) in [5.74, 6) is 4.31. The Morgan fingerprint density at radius 1 is 1.60 bits per heavy atom. The van der Waals surface area contributed by atoms with Crippen LogP contribution in [0.3, 0.4) is 0 Å². The number of hydrogen-bond acceptors (Lipinski definition) is 2. The van der Waals surface area contributed by atoms with E-state index in [-0.39, 0.29) is 5.56 Å². The van der Waals surface area contributed by atoms with Crippen molar-refractivity contribution < 1.29 is 9.90 Å². The van der Waals surface area contributed by atoms with Gasteiger partial charge in [0.1, 0.15) is 5.56 Å². The van der Waals surface area contributed by atoms with Gasteiger partial charge < -0.3 is 9.67 Å². The summed E-state index contributed by atoms with van der Waals surface area (Å²) in [6.45, 7) is 3.84. The lowest BCUT2D eigenvalue weighted by atomic mass is 10.2. The summed E-state index contributed by atoms with van der Waals surface area (Å²) in [4.78, 5) is 22.0. The standard InChI is InChI=1S/C11H11NO3/c1-3-4-5-12-7-9(11(14)15)10(13)6-8(12)2/h6-7H,5H2,1-2H3,(H,14,15). The molecule has 0 saturated carbocycles. The third-order valence-electron chi connectivity index (χ3n) is 2.00. The number of rotatable bonds is 2. The second-order valence-electron chi connectivity index (χ2n) is 3.05. The van der Waals surface area contributed by atoms with Crippen LogP contribution in [-0.4, -0.2) is 15.6 Å². The Kier molecular flexibility index (Phi) is 3.29. The Hall–Kier alpha value is -2.02. The van der Waals surface area contributed by atoms with Crippen molar-refractivity contribution in [2.24, 2.45) is 0 Å². The zero-order valence-electron chi connectivity index (χ0n) is 8.57. The normalized spacial score (nSPS) is 9.20. The molecule has 1 aromatic rings. The first kappa shape index (κ1) is 11.1. The number of nitrogens with zero attached hydrogens (tertiary/aromatic N) is 1. The second-order valence-corrected chi connectivity index (χ2v) is 3.05. The van der Waals surface area contributed by atoms with Crippen molar-refractivity contribution >= 4 is 5.97 Å². The quantitative estimate of drug-likeness (QED) is 0.729. The monoisotopic (exact) mass is 205 g/mol. The molecule has 4 heteroatoms. The largest absolute Gasteiger partial charge is 0.477 e. The van der Waals surface area contributed by atoms with E-state index in [1.165, 1.54) is 12.3 Å². The van der Waals surface area contributed by atoms with E-state index in [0.717, 1.165) is 0 Å². The van der Waals surface area contributed by atoms with E-state index in [1.807, 2.05) is 0 Å². The third kappa shape index (κ3) is 2.47. The summed E-state index contributed by atoms with van der Waals surface area (Å²) in [6.07, 6.45) is 1.32. The fourth-order valence-corrected chi connectivity index (χ4v) is 1.17. The fraction of sp³-hybridized carbons (Fsp3) is 0.273. The molecule has 0 spiro atoms. The summed E-state index contributed by atoms with van der Waals surface area (Å²) in [6, 6.07) is 1.31. The highest BCUT2D eigenvalue weighted by molar-refractivity contribution is 5.87. The van der Waals surface area contributed by atoms with Gasteiger partial charge in [-0.25, -0.2) is 4.79 Å². The van der Waals surface area contributed by atoms with Crippen LogP contribution in [0, 0.1) is 18.8 Å². The molecule has 1 rings (SSSR count). The van der Waals surface area contributed by atoms with Crippen molar-refractivity contribution in [1.82, 2.24) is 4.57 Å². The fourth-order valence-electron chi connectivity index (χ4n) is 1.17. The minimum atomic E-state index is -1.21. The van der Waals surface area contributed by atoms with Gasteiger partial charge >= 0.3 is 5.97 Å². The van der Waals surface area contributed by atoms with Crippen LogP contribution in [0.2, 0.25) is 0 Å². The molecule has 78 valence electrons. The molecular formula is C11H11NO3. The average molecular weight is 205 g/mol. The van der Waals surface area contributed by atoms with Crippen molar-refractivity contribution in [3.8, 4) is 11.8 Å². The van der Waals surface area contributed by atoms with E-state index < -0.39 is 11.4 Å². The van der Waals surface area contributed by atoms with Gasteiger partial charge in [-0.1, -0.05) is 5.92 Å². The molecule has 0 unspecified atom stereocenters. The Morgan fingerprint density at radius 2 is 2.27 bits per heavy atom. The molecule has 4 nitrogen and oxygen atoms in total. The maximum absolute atomic E-state index is 11.3. The van der Waals surface area contributed by atoms with E-state index in [0.29, 0.717) is 12.2 Å². The van der Waals surface area contributed by atoms with Crippen molar-refractivity contribution in [2.75, 3.05) is 0 Å². The molecule has 1 N–H and O–H groups in total. The van der Waals surface area contributed by atoms with Crippen LogP contribution in [-0.2, 0) is 6.54 Å². The van der Waals surface area contributed by atoms with E-state index in [9.17, 15) is 9.59 Å². The van der Waals surface area contributed by atoms with Gasteiger partial charge in [0.15, 0.2) is 5.43 Å². The first-order valence-corrected chi connectivity index (χ1v) is 4.40. The first-order chi connectivity index (χ1) is 7.06. The van der Waals surface area contributed by atoms with Gasteiger partial charge in [-0.2, -0.15) is 0 Å². The topological polar surface area (TPSA) is 59.3 Å². The molecule has 0 aliphatic carbocycles. The summed E-state index contributed by atoms with van der Waals surface area (Å²) in [5.41, 5.74) is 0.00645. The molecule has 0 saturated heterocycles. The maximum atomic E-state index is 11.3. The maximum Gasteiger partial charge on any atom is 0.341 e. The van der Waals surface area contributed by atoms with Crippen LogP contribution in [0.15, 0.2) is 17.1 Å². The van der Waals surface area contributed by atoms with Crippen LogP contribution in [0.25, 0.3) is 0 Å². The lowest BCUT2D eigenvalue weighted by Gasteiger charge is -2.07. The number of hydrogen-bond donors (Lipinski definition) is 1. The smallest absolute Gasteiger partial charge is 0.341 e. The number of carbonyl (C=O) groups is 1. The molecule has 1 aromatic heterocycles. The molecule has 15 heavy (non-hydrogen) atoms. The Balaban J connectivity index is 3.27. The van der Waals surface area contributed by atoms with Crippen molar-refractivity contribution in [3.05, 3.63) is 33.7 Å². The van der Waals surface area contributed by atoms with Crippen LogP contribution >= 0.6 is 0 Å². The summed E-state index contributed by atoms with van der Waals surface area (Å²) >= 11 is 0. The van der Waals surface area contributed by atoms with E-state index in [4.69, 9.17) is 5.11 Å². The van der Waals surface area contributed by atoms with Crippen LogP contribution in [0.5, 0.6) is 0 Å². The molecular weight excluding hydrogens is 194 g/mol. The number of aromatic nitrogens is 1. The lowest BCUT2D eigenvalue weighted by Crippen LogP contribution is -2.18. The van der Waals surface area contributed by atoms with Gasteiger partial charge in [0.2, 0.25) is 0 Å². The van der Waals surface area contributed by atoms with E-state index in [2.05, 4.69) is 11.8 Å². The number of pyridine rings is 1. The summed E-state index contributed by atoms with van der Waals surface area (Å²) in [5, 5.41) is 8.76. The van der Waals surface area contributed by atoms with Crippen molar-refractivity contribution in [1.29, 1.82) is 0 Å². The molecule has 0 aliphatic heterocycles. The van der Waals surface area contributed by atoms with Gasteiger partial charge in [0.05, 0.1) is 6.54 Å². The molecule has 0 fully saturated rings. The number of aryl methyl sites for hydroxylation is 1. The predicted octanol–water partition coefficient (Wildman–Crippen LogP) is 0.878. The highest BCUT2D eigenvalue weighted by atomic mass is 16.4. The number of carboxylic acid groups (broad SMARTS) is 1. The van der Waals surface area contributed by atoms with Gasteiger partial charge in [0, 0.05) is 18.0 Å². The number of carboxylic acids is 1. The Morgan fingerprint density at radius 3 is 2.80 bits per heavy atom. The van der Waals surface area contributed by atoms with Gasteiger partial charge in [-0.05, 0) is 13.8 Å². The molecule has 0 aromatic carbocycles. The molecule has 0 bridgehead atoms. The summed E-state index contributed by atoms with van der Waals surface area (Å²) in [7, 11) is 0. The van der Waals surface area contributed by atoms with Gasteiger partial charge in [-0.15, -0.1) is 5.92 Å². The highest BCUT2D eigenvalue weighted by Gasteiger charge is 2.09.